The van der Waals surface area contributed by atoms with Gasteiger partial charge in [-0.3, -0.25) is 4.79 Å². The molecule has 0 spiro atoms. The lowest BCUT2D eigenvalue weighted by atomic mass is 10.0. The Balaban J connectivity index is 1.68. The lowest BCUT2D eigenvalue weighted by Crippen LogP contribution is -2.26. The van der Waals surface area contributed by atoms with Gasteiger partial charge < -0.3 is 14.6 Å². The van der Waals surface area contributed by atoms with E-state index in [-0.39, 0.29) is 6.61 Å². The molecule has 30 heavy (non-hydrogen) atoms. The maximum Gasteiger partial charge on any atom is 0.416 e. The number of nitrogens with zero attached hydrogens (tertiary/aromatic N) is 1. The average molecular weight is 418 g/mol. The van der Waals surface area contributed by atoms with Gasteiger partial charge in [-0.05, 0) is 56.7 Å². The first-order valence-corrected chi connectivity index (χ1v) is 9.28. The van der Waals surface area contributed by atoms with E-state index in [1.54, 1.807) is 44.2 Å². The fraction of sp³-hybridized carbons (Fsp3) is 0.273. The van der Waals surface area contributed by atoms with E-state index in [2.05, 4.69) is 10.5 Å². The highest BCUT2D eigenvalue weighted by Crippen LogP contribution is 2.30. The van der Waals surface area contributed by atoms with Crippen LogP contribution in [-0.4, -0.2) is 11.1 Å². The van der Waals surface area contributed by atoms with Crippen molar-refractivity contribution in [1.29, 1.82) is 0 Å². The number of ether oxygens (including phenoxy) is 1. The molecule has 0 saturated heterocycles. The molecule has 0 aliphatic heterocycles. The summed E-state index contributed by atoms with van der Waals surface area (Å²) in [4.78, 5) is 12.6. The second kappa shape index (κ2) is 8.61. The van der Waals surface area contributed by atoms with Gasteiger partial charge in [-0.15, -0.1) is 0 Å². The van der Waals surface area contributed by atoms with E-state index in [0.717, 1.165) is 23.4 Å². The Hall–Kier alpha value is -3.29. The molecule has 1 N–H and O–H groups in total. The standard InChI is InChI=1S/C22H21F3N2O3/c1-13(16-6-4-8-18(10-16)22(23,24)25)26-21(28)17-7-5-9-19(11-17)29-12-20-14(2)27-30-15(20)3/h4-11,13H,12H2,1-3H3,(H,26,28)/t13-/m0/s1. The molecule has 0 saturated carbocycles. The molecule has 1 aromatic heterocycles. The molecule has 1 amide bonds. The summed E-state index contributed by atoms with van der Waals surface area (Å²) in [6, 6.07) is 10.9. The molecular formula is C22H21F3N2O3. The Labute approximate surface area is 171 Å². The molecule has 2 aromatic carbocycles. The smallest absolute Gasteiger partial charge is 0.416 e. The van der Waals surface area contributed by atoms with Crippen molar-refractivity contribution in [3.8, 4) is 5.75 Å². The third kappa shape index (κ3) is 5.00. The van der Waals surface area contributed by atoms with Gasteiger partial charge in [0.15, 0.2) is 0 Å². The summed E-state index contributed by atoms with van der Waals surface area (Å²) >= 11 is 0. The van der Waals surface area contributed by atoms with E-state index < -0.39 is 23.7 Å². The molecule has 3 aromatic rings. The van der Waals surface area contributed by atoms with Crippen molar-refractivity contribution in [3.05, 3.63) is 82.2 Å². The van der Waals surface area contributed by atoms with E-state index in [1.165, 1.54) is 6.07 Å². The van der Waals surface area contributed by atoms with Gasteiger partial charge in [-0.1, -0.05) is 23.4 Å². The van der Waals surface area contributed by atoms with Gasteiger partial charge in [0.05, 0.1) is 22.9 Å². The minimum atomic E-state index is -4.44. The van der Waals surface area contributed by atoms with Crippen molar-refractivity contribution in [3.63, 3.8) is 0 Å². The molecule has 0 unspecified atom stereocenters. The lowest BCUT2D eigenvalue weighted by molar-refractivity contribution is -0.137. The molecule has 0 bridgehead atoms. The molecule has 0 fully saturated rings. The van der Waals surface area contributed by atoms with Crippen molar-refractivity contribution in [2.24, 2.45) is 0 Å². The van der Waals surface area contributed by atoms with Gasteiger partial charge in [-0.2, -0.15) is 13.2 Å². The van der Waals surface area contributed by atoms with E-state index in [1.807, 2.05) is 6.92 Å². The highest BCUT2D eigenvalue weighted by atomic mass is 19.4. The van der Waals surface area contributed by atoms with Crippen LogP contribution in [0.1, 0.15) is 51.5 Å². The third-order valence-electron chi connectivity index (χ3n) is 4.72. The second-order valence-electron chi connectivity index (χ2n) is 6.94. The second-order valence-corrected chi connectivity index (χ2v) is 6.94. The van der Waals surface area contributed by atoms with Gasteiger partial charge in [0.2, 0.25) is 0 Å². The Morgan fingerprint density at radius 3 is 2.57 bits per heavy atom. The number of halogens is 3. The molecule has 8 heteroatoms. The zero-order valence-corrected chi connectivity index (χ0v) is 16.7. The summed E-state index contributed by atoms with van der Waals surface area (Å²) in [7, 11) is 0. The molecule has 1 heterocycles. The summed E-state index contributed by atoms with van der Waals surface area (Å²) in [5.74, 6) is 0.730. The van der Waals surface area contributed by atoms with Crippen molar-refractivity contribution in [1.82, 2.24) is 10.5 Å². The quantitative estimate of drug-likeness (QED) is 0.584. The van der Waals surface area contributed by atoms with Crippen LogP contribution in [0, 0.1) is 13.8 Å². The number of benzene rings is 2. The molecule has 0 radical (unpaired) electrons. The van der Waals surface area contributed by atoms with Crippen LogP contribution in [0.4, 0.5) is 13.2 Å². The summed E-state index contributed by atoms with van der Waals surface area (Å²) in [5, 5.41) is 6.59. The molecule has 5 nitrogen and oxygen atoms in total. The van der Waals surface area contributed by atoms with E-state index in [9.17, 15) is 18.0 Å². The van der Waals surface area contributed by atoms with Crippen LogP contribution in [0.3, 0.4) is 0 Å². The normalized spacial score (nSPS) is 12.5. The SMILES string of the molecule is Cc1noc(C)c1COc1cccc(C(=O)N[C@@H](C)c2cccc(C(F)(F)F)c2)c1. The summed E-state index contributed by atoms with van der Waals surface area (Å²) in [6.45, 7) is 5.48. The highest BCUT2D eigenvalue weighted by molar-refractivity contribution is 5.94. The fourth-order valence-electron chi connectivity index (χ4n) is 2.94. The number of hydrogen-bond donors (Lipinski definition) is 1. The maximum absolute atomic E-state index is 12.9. The Morgan fingerprint density at radius 1 is 1.17 bits per heavy atom. The minimum Gasteiger partial charge on any atom is -0.489 e. The molecular weight excluding hydrogens is 397 g/mol. The van der Waals surface area contributed by atoms with Crippen molar-refractivity contribution in [2.45, 2.75) is 39.6 Å². The van der Waals surface area contributed by atoms with Gasteiger partial charge in [0, 0.05) is 5.56 Å². The van der Waals surface area contributed by atoms with Crippen LogP contribution in [0.25, 0.3) is 0 Å². The van der Waals surface area contributed by atoms with Gasteiger partial charge in [0.1, 0.15) is 18.1 Å². The van der Waals surface area contributed by atoms with Crippen LogP contribution in [0.2, 0.25) is 0 Å². The summed E-state index contributed by atoms with van der Waals surface area (Å²) in [6.07, 6.45) is -4.44. The highest BCUT2D eigenvalue weighted by Gasteiger charge is 2.30. The van der Waals surface area contributed by atoms with E-state index in [0.29, 0.717) is 22.6 Å². The predicted octanol–water partition coefficient (Wildman–Crippen LogP) is 5.38. The first-order valence-electron chi connectivity index (χ1n) is 9.28. The topological polar surface area (TPSA) is 64.4 Å². The van der Waals surface area contributed by atoms with E-state index >= 15 is 0 Å². The lowest BCUT2D eigenvalue weighted by Gasteiger charge is -2.16. The van der Waals surface area contributed by atoms with Crippen molar-refractivity contribution < 1.29 is 27.2 Å². The number of amides is 1. The molecule has 158 valence electrons. The molecule has 3 rings (SSSR count). The largest absolute Gasteiger partial charge is 0.489 e. The number of aromatic nitrogens is 1. The number of alkyl halides is 3. The molecule has 0 aliphatic rings. The first kappa shape index (κ1) is 21.4. The number of nitrogens with one attached hydrogen (secondary N) is 1. The van der Waals surface area contributed by atoms with Crippen LogP contribution in [-0.2, 0) is 12.8 Å². The van der Waals surface area contributed by atoms with Gasteiger partial charge >= 0.3 is 6.18 Å². The predicted molar refractivity (Wildman–Crippen MR) is 104 cm³/mol. The number of aryl methyl sites for hydroxylation is 2. The fourth-order valence-corrected chi connectivity index (χ4v) is 2.94. The molecule has 0 aliphatic carbocycles. The van der Waals surface area contributed by atoms with Crippen LogP contribution in [0.15, 0.2) is 53.1 Å². The van der Waals surface area contributed by atoms with Crippen LogP contribution in [0.5, 0.6) is 5.75 Å². The Bertz CT molecular complexity index is 1020. The number of hydrogen-bond acceptors (Lipinski definition) is 4. The van der Waals surface area contributed by atoms with Crippen molar-refractivity contribution in [2.75, 3.05) is 0 Å². The number of carbonyl (C=O) groups is 1. The third-order valence-corrected chi connectivity index (χ3v) is 4.72. The zero-order valence-electron chi connectivity index (χ0n) is 16.7. The van der Waals surface area contributed by atoms with Gasteiger partial charge in [0.25, 0.3) is 5.91 Å². The Morgan fingerprint density at radius 2 is 1.90 bits per heavy atom. The Kier molecular flexibility index (Phi) is 6.14. The minimum absolute atomic E-state index is 0.243. The number of rotatable bonds is 6. The summed E-state index contributed by atoms with van der Waals surface area (Å²) in [5.41, 5.74) is 1.52. The van der Waals surface area contributed by atoms with E-state index in [4.69, 9.17) is 9.26 Å². The first-order chi connectivity index (χ1) is 14.1. The van der Waals surface area contributed by atoms with Gasteiger partial charge in [-0.25, -0.2) is 0 Å². The maximum atomic E-state index is 12.9. The molecule has 1 atom stereocenters. The average Bonchev–Trinajstić information content (AvgIpc) is 3.03. The summed E-state index contributed by atoms with van der Waals surface area (Å²) < 4.78 is 49.6. The van der Waals surface area contributed by atoms with Crippen molar-refractivity contribution >= 4 is 5.91 Å². The van der Waals surface area contributed by atoms with Crippen LogP contribution < -0.4 is 10.1 Å². The number of carbonyl (C=O) groups excluding carboxylic acids is 1. The van der Waals surface area contributed by atoms with Crippen LogP contribution >= 0.6 is 0 Å². The monoisotopic (exact) mass is 418 g/mol. The zero-order chi connectivity index (χ0) is 21.9.